The Labute approximate surface area is 104 Å². The zero-order valence-electron chi connectivity index (χ0n) is 9.95. The lowest BCUT2D eigenvalue weighted by atomic mass is 10.1. The zero-order valence-corrected chi connectivity index (χ0v) is 9.95. The molecule has 0 amide bonds. The van der Waals surface area contributed by atoms with Crippen LogP contribution in [0.5, 0.6) is 0 Å². The second-order valence-electron chi connectivity index (χ2n) is 4.19. The summed E-state index contributed by atoms with van der Waals surface area (Å²) in [6.45, 7) is 1.91. The van der Waals surface area contributed by atoms with Crippen LogP contribution in [-0.4, -0.2) is 0 Å². The number of anilines is 2. The third kappa shape index (κ3) is 2.97. The summed E-state index contributed by atoms with van der Waals surface area (Å²) < 4.78 is 26.0. The van der Waals surface area contributed by atoms with Gasteiger partial charge in [0.1, 0.15) is 11.6 Å². The van der Waals surface area contributed by atoms with Crippen LogP contribution in [0.4, 0.5) is 20.2 Å². The van der Waals surface area contributed by atoms with Crippen LogP contribution in [0.1, 0.15) is 18.5 Å². The Morgan fingerprint density at radius 2 is 1.67 bits per heavy atom. The minimum absolute atomic E-state index is 0.0631. The molecule has 2 aromatic rings. The van der Waals surface area contributed by atoms with E-state index >= 15 is 0 Å². The topological polar surface area (TPSA) is 38.0 Å². The molecule has 2 rings (SSSR count). The second kappa shape index (κ2) is 5.04. The van der Waals surface area contributed by atoms with E-state index in [1.807, 2.05) is 6.92 Å². The lowest BCUT2D eigenvalue weighted by molar-refractivity contribution is 0.626. The molecular formula is C14H14F2N2. The predicted molar refractivity (Wildman–Crippen MR) is 69.3 cm³/mol. The Kier molecular flexibility index (Phi) is 3.46. The molecule has 1 atom stereocenters. The predicted octanol–water partition coefficient (Wildman–Crippen LogP) is 3.72. The van der Waals surface area contributed by atoms with Crippen molar-refractivity contribution in [3.05, 3.63) is 59.7 Å². The summed E-state index contributed by atoms with van der Waals surface area (Å²) in [5.74, 6) is -0.662. The van der Waals surface area contributed by atoms with Gasteiger partial charge in [0.25, 0.3) is 0 Å². The van der Waals surface area contributed by atoms with Crippen LogP contribution in [0.25, 0.3) is 0 Å². The van der Waals surface area contributed by atoms with Gasteiger partial charge in [0.2, 0.25) is 0 Å². The molecule has 0 spiro atoms. The highest BCUT2D eigenvalue weighted by Crippen LogP contribution is 2.22. The smallest absolute Gasteiger partial charge is 0.127 e. The summed E-state index contributed by atoms with van der Waals surface area (Å²) in [4.78, 5) is 0. The van der Waals surface area contributed by atoms with Crippen molar-refractivity contribution >= 4 is 11.4 Å². The van der Waals surface area contributed by atoms with Crippen molar-refractivity contribution in [2.75, 3.05) is 11.1 Å². The van der Waals surface area contributed by atoms with Gasteiger partial charge in [-0.3, -0.25) is 0 Å². The van der Waals surface area contributed by atoms with Gasteiger partial charge in [-0.1, -0.05) is 12.1 Å². The molecule has 0 fully saturated rings. The van der Waals surface area contributed by atoms with Gasteiger partial charge in [0.05, 0.1) is 0 Å². The van der Waals surface area contributed by atoms with Crippen LogP contribution in [-0.2, 0) is 0 Å². The number of rotatable bonds is 3. The Morgan fingerprint density at radius 1 is 1.00 bits per heavy atom. The van der Waals surface area contributed by atoms with Crippen LogP contribution >= 0.6 is 0 Å². The molecule has 0 saturated heterocycles. The molecular weight excluding hydrogens is 234 g/mol. The largest absolute Gasteiger partial charge is 0.399 e. The van der Waals surface area contributed by atoms with Gasteiger partial charge >= 0.3 is 0 Å². The zero-order chi connectivity index (χ0) is 13.1. The van der Waals surface area contributed by atoms with Crippen molar-refractivity contribution in [2.45, 2.75) is 13.0 Å². The third-order valence-electron chi connectivity index (χ3n) is 2.67. The highest BCUT2D eigenvalue weighted by Gasteiger charge is 2.06. The number of halogens is 2. The molecule has 2 nitrogen and oxygen atoms in total. The van der Waals surface area contributed by atoms with E-state index in [0.717, 1.165) is 5.56 Å². The SMILES string of the molecule is CC(Nc1cc(N)cc(F)c1)c1ccc(F)cc1. The second-order valence-corrected chi connectivity index (χ2v) is 4.19. The van der Waals surface area contributed by atoms with E-state index in [1.54, 1.807) is 18.2 Å². The number of hydrogen-bond acceptors (Lipinski definition) is 2. The fraction of sp³-hybridized carbons (Fsp3) is 0.143. The number of nitrogens with one attached hydrogen (secondary N) is 1. The summed E-state index contributed by atoms with van der Waals surface area (Å²) in [7, 11) is 0. The minimum Gasteiger partial charge on any atom is -0.399 e. The number of hydrogen-bond donors (Lipinski definition) is 2. The first kappa shape index (κ1) is 12.4. The lowest BCUT2D eigenvalue weighted by Crippen LogP contribution is -2.07. The summed E-state index contributed by atoms with van der Waals surface area (Å²) in [5, 5.41) is 3.12. The summed E-state index contributed by atoms with van der Waals surface area (Å²) >= 11 is 0. The molecule has 1 unspecified atom stereocenters. The quantitative estimate of drug-likeness (QED) is 0.812. The van der Waals surface area contributed by atoms with Gasteiger partial charge in [-0.15, -0.1) is 0 Å². The van der Waals surface area contributed by atoms with Crippen molar-refractivity contribution in [3.63, 3.8) is 0 Å². The van der Waals surface area contributed by atoms with E-state index in [0.29, 0.717) is 11.4 Å². The number of benzene rings is 2. The van der Waals surface area contributed by atoms with E-state index in [4.69, 9.17) is 5.73 Å². The molecule has 0 heterocycles. The van der Waals surface area contributed by atoms with Gasteiger partial charge in [-0.2, -0.15) is 0 Å². The van der Waals surface area contributed by atoms with E-state index in [2.05, 4.69) is 5.32 Å². The van der Waals surface area contributed by atoms with Crippen LogP contribution in [0.2, 0.25) is 0 Å². The summed E-state index contributed by atoms with van der Waals surface area (Å²) in [6, 6.07) is 10.4. The van der Waals surface area contributed by atoms with Gasteiger partial charge in [0, 0.05) is 17.4 Å². The van der Waals surface area contributed by atoms with Crippen molar-refractivity contribution in [1.82, 2.24) is 0 Å². The van der Waals surface area contributed by atoms with Crippen molar-refractivity contribution in [2.24, 2.45) is 0 Å². The Hall–Kier alpha value is -2.10. The fourth-order valence-electron chi connectivity index (χ4n) is 1.78. The first-order valence-electron chi connectivity index (χ1n) is 5.62. The highest BCUT2D eigenvalue weighted by atomic mass is 19.1. The average Bonchev–Trinajstić information content (AvgIpc) is 2.28. The van der Waals surface area contributed by atoms with Crippen molar-refractivity contribution in [1.29, 1.82) is 0 Å². The molecule has 0 saturated carbocycles. The van der Waals surface area contributed by atoms with E-state index in [9.17, 15) is 8.78 Å². The molecule has 0 aliphatic carbocycles. The molecule has 0 radical (unpaired) electrons. The first-order valence-corrected chi connectivity index (χ1v) is 5.62. The molecule has 18 heavy (non-hydrogen) atoms. The standard InChI is InChI=1S/C14H14F2N2/c1-9(10-2-4-11(15)5-3-10)18-14-7-12(16)6-13(17)8-14/h2-9,18H,17H2,1H3. The maximum atomic E-state index is 13.2. The number of nitrogens with two attached hydrogens (primary N) is 1. The fourth-order valence-corrected chi connectivity index (χ4v) is 1.78. The molecule has 0 bridgehead atoms. The third-order valence-corrected chi connectivity index (χ3v) is 2.67. The maximum absolute atomic E-state index is 13.2. The molecule has 2 aromatic carbocycles. The van der Waals surface area contributed by atoms with Crippen LogP contribution < -0.4 is 11.1 Å². The Bertz CT molecular complexity index is 518. The monoisotopic (exact) mass is 248 g/mol. The van der Waals surface area contributed by atoms with Crippen LogP contribution in [0.15, 0.2) is 42.5 Å². The molecule has 94 valence electrons. The van der Waals surface area contributed by atoms with Gasteiger partial charge in [0.15, 0.2) is 0 Å². The van der Waals surface area contributed by atoms with Gasteiger partial charge in [-0.25, -0.2) is 8.78 Å². The average molecular weight is 248 g/mol. The van der Waals surface area contributed by atoms with Crippen molar-refractivity contribution < 1.29 is 8.78 Å². The summed E-state index contributed by atoms with van der Waals surface area (Å²) in [6.07, 6.45) is 0. The normalized spacial score (nSPS) is 12.2. The molecule has 0 aliphatic heterocycles. The van der Waals surface area contributed by atoms with E-state index in [-0.39, 0.29) is 17.7 Å². The molecule has 0 aliphatic rings. The van der Waals surface area contributed by atoms with Crippen LogP contribution in [0, 0.1) is 11.6 Å². The highest BCUT2D eigenvalue weighted by molar-refractivity contribution is 5.55. The van der Waals surface area contributed by atoms with Gasteiger partial charge < -0.3 is 11.1 Å². The first-order chi connectivity index (χ1) is 8.54. The molecule has 0 aromatic heterocycles. The number of nitrogen functional groups attached to an aromatic ring is 1. The molecule has 4 heteroatoms. The lowest BCUT2D eigenvalue weighted by Gasteiger charge is -2.16. The Morgan fingerprint density at radius 3 is 2.28 bits per heavy atom. The van der Waals surface area contributed by atoms with E-state index < -0.39 is 0 Å². The molecule has 3 N–H and O–H groups in total. The van der Waals surface area contributed by atoms with Crippen LogP contribution in [0.3, 0.4) is 0 Å². The van der Waals surface area contributed by atoms with Crippen molar-refractivity contribution in [3.8, 4) is 0 Å². The summed E-state index contributed by atoms with van der Waals surface area (Å²) in [5.41, 5.74) is 7.45. The van der Waals surface area contributed by atoms with E-state index in [1.165, 1.54) is 24.3 Å². The minimum atomic E-state index is -0.385. The Balaban J connectivity index is 2.15. The van der Waals surface area contributed by atoms with Gasteiger partial charge in [-0.05, 0) is 42.8 Å². The maximum Gasteiger partial charge on any atom is 0.127 e.